The molecule has 180 valence electrons. The van der Waals surface area contributed by atoms with Gasteiger partial charge in [0.1, 0.15) is 17.2 Å². The summed E-state index contributed by atoms with van der Waals surface area (Å²) < 4.78 is 8.38. The highest BCUT2D eigenvalue weighted by Crippen LogP contribution is 2.23. The first-order chi connectivity index (χ1) is 17.1. The molecule has 3 aromatic heterocycles. The summed E-state index contributed by atoms with van der Waals surface area (Å²) in [7, 11) is 0. The molecule has 4 aromatic rings. The fraction of sp³-hybridized carbons (Fsp3) is 0.308. The maximum absolute atomic E-state index is 11.7. The van der Waals surface area contributed by atoms with Gasteiger partial charge < -0.3 is 20.1 Å². The summed E-state index contributed by atoms with van der Waals surface area (Å²) in [5.41, 5.74) is 3.54. The predicted octanol–water partition coefficient (Wildman–Crippen LogP) is 3.97. The molecule has 35 heavy (non-hydrogen) atoms. The van der Waals surface area contributed by atoms with Gasteiger partial charge in [0.15, 0.2) is 0 Å². The molecule has 5 rings (SSSR count). The number of aromatic nitrogens is 4. The fourth-order valence-corrected chi connectivity index (χ4v) is 4.57. The van der Waals surface area contributed by atoms with E-state index in [1.807, 2.05) is 47.0 Å². The Bertz CT molecular complexity index is 1290. The third kappa shape index (κ3) is 5.25. The van der Waals surface area contributed by atoms with Crippen molar-refractivity contribution in [2.24, 2.45) is 0 Å². The van der Waals surface area contributed by atoms with Crippen LogP contribution in [0.5, 0.6) is 0 Å². The van der Waals surface area contributed by atoms with Crippen molar-refractivity contribution in [2.45, 2.75) is 38.0 Å². The van der Waals surface area contributed by atoms with Crippen molar-refractivity contribution in [3.05, 3.63) is 78.9 Å². The van der Waals surface area contributed by atoms with Crippen LogP contribution in [0.1, 0.15) is 18.9 Å². The third-order valence-corrected chi connectivity index (χ3v) is 6.24. The number of ether oxygens (including phenoxy) is 1. The summed E-state index contributed by atoms with van der Waals surface area (Å²) in [5.74, 6) is 0.565. The Morgan fingerprint density at radius 1 is 1.17 bits per heavy atom. The summed E-state index contributed by atoms with van der Waals surface area (Å²) in [6.45, 7) is 2.79. The Hall–Kier alpha value is -3.98. The van der Waals surface area contributed by atoms with Gasteiger partial charge in [-0.05, 0) is 37.5 Å². The smallest absolute Gasteiger partial charge is 0.407 e. The number of pyridine rings is 1. The number of fused-ring (bicyclic) bond motifs is 1. The van der Waals surface area contributed by atoms with Gasteiger partial charge in [-0.2, -0.15) is 0 Å². The van der Waals surface area contributed by atoms with Crippen LogP contribution in [0.15, 0.2) is 73.3 Å². The summed E-state index contributed by atoms with van der Waals surface area (Å²) in [6.07, 6.45) is 7.33. The van der Waals surface area contributed by atoms with Gasteiger partial charge in [0, 0.05) is 19.3 Å². The van der Waals surface area contributed by atoms with Crippen LogP contribution in [0, 0.1) is 0 Å². The van der Waals surface area contributed by atoms with Gasteiger partial charge >= 0.3 is 6.09 Å². The second-order valence-electron chi connectivity index (χ2n) is 8.80. The first-order valence-electron chi connectivity index (χ1n) is 11.7. The van der Waals surface area contributed by atoms with Gasteiger partial charge in [0.2, 0.25) is 0 Å². The van der Waals surface area contributed by atoms with E-state index >= 15 is 0 Å². The van der Waals surface area contributed by atoms with Crippen LogP contribution in [0.2, 0.25) is 0 Å². The second-order valence-corrected chi connectivity index (χ2v) is 8.80. The molecule has 1 fully saturated rings. The number of nitrogens with zero attached hydrogens (tertiary/aromatic N) is 5. The number of amides is 1. The monoisotopic (exact) mass is 472 g/mol. The number of benzene rings is 1. The largest absolute Gasteiger partial charge is 0.465 e. The topological polar surface area (TPSA) is 105 Å². The molecule has 4 heterocycles. The van der Waals surface area contributed by atoms with Crippen LogP contribution in [0.3, 0.4) is 0 Å². The van der Waals surface area contributed by atoms with Crippen LogP contribution < -0.4 is 5.32 Å². The number of carbonyl (C=O) groups is 1. The molecule has 1 saturated heterocycles. The molecule has 2 N–H and O–H groups in total. The normalized spacial score (nSPS) is 18.9. The first kappa shape index (κ1) is 22.8. The minimum Gasteiger partial charge on any atom is -0.465 e. The van der Waals surface area contributed by atoms with Gasteiger partial charge in [0.05, 0.1) is 42.5 Å². The molecule has 1 amide bonds. The van der Waals surface area contributed by atoms with Crippen LogP contribution in [-0.4, -0.2) is 66.8 Å². The van der Waals surface area contributed by atoms with Crippen LogP contribution in [-0.2, 0) is 11.2 Å². The first-order valence-corrected chi connectivity index (χ1v) is 11.7. The molecule has 0 saturated carbocycles. The van der Waals surface area contributed by atoms with Crippen LogP contribution in [0.4, 0.5) is 10.6 Å². The predicted molar refractivity (Wildman–Crippen MR) is 132 cm³/mol. The molecule has 1 aliphatic rings. The molecule has 3 atom stereocenters. The molecule has 9 nitrogen and oxygen atoms in total. The number of carboxylic acid groups (broad SMARTS) is 1. The maximum Gasteiger partial charge on any atom is 0.407 e. The maximum atomic E-state index is 11.7. The highest BCUT2D eigenvalue weighted by atomic mass is 16.5. The van der Waals surface area contributed by atoms with E-state index in [2.05, 4.69) is 34.3 Å². The molecule has 9 heteroatoms. The number of hydrogen-bond acceptors (Lipinski definition) is 6. The van der Waals surface area contributed by atoms with E-state index < -0.39 is 6.09 Å². The van der Waals surface area contributed by atoms with Gasteiger partial charge in [-0.25, -0.2) is 14.8 Å². The number of rotatable bonds is 7. The molecule has 1 aliphatic heterocycles. The van der Waals surface area contributed by atoms with Gasteiger partial charge in [0.25, 0.3) is 0 Å². The second kappa shape index (κ2) is 10.1. The van der Waals surface area contributed by atoms with Gasteiger partial charge in [-0.3, -0.25) is 9.38 Å². The number of nitrogens with one attached hydrogen (secondary N) is 1. The highest BCUT2D eigenvalue weighted by molar-refractivity contribution is 5.65. The summed E-state index contributed by atoms with van der Waals surface area (Å²) in [4.78, 5) is 26.7. The zero-order valence-electron chi connectivity index (χ0n) is 19.5. The van der Waals surface area contributed by atoms with E-state index in [4.69, 9.17) is 9.72 Å². The lowest BCUT2D eigenvalue weighted by molar-refractivity contribution is -0.0380. The number of imidazole rings is 1. The van der Waals surface area contributed by atoms with E-state index in [1.54, 1.807) is 18.6 Å². The van der Waals surface area contributed by atoms with Crippen molar-refractivity contribution in [2.75, 3.05) is 18.4 Å². The zero-order valence-corrected chi connectivity index (χ0v) is 19.5. The molecule has 0 bridgehead atoms. The van der Waals surface area contributed by atoms with Crippen molar-refractivity contribution in [1.29, 1.82) is 0 Å². The van der Waals surface area contributed by atoms with Crippen molar-refractivity contribution >= 4 is 17.6 Å². The van der Waals surface area contributed by atoms with Crippen molar-refractivity contribution in [1.82, 2.24) is 24.3 Å². The lowest BCUT2D eigenvalue weighted by Gasteiger charge is -2.38. The number of anilines is 1. The van der Waals surface area contributed by atoms with Crippen LogP contribution in [0.25, 0.3) is 17.0 Å². The summed E-state index contributed by atoms with van der Waals surface area (Å²) >= 11 is 0. The van der Waals surface area contributed by atoms with Crippen LogP contribution >= 0.6 is 0 Å². The van der Waals surface area contributed by atoms with Gasteiger partial charge in [-0.15, -0.1) is 0 Å². The minimum absolute atomic E-state index is 0.0151. The third-order valence-electron chi connectivity index (χ3n) is 6.24. The van der Waals surface area contributed by atoms with Gasteiger partial charge in [-0.1, -0.05) is 36.4 Å². The molecule has 0 spiro atoms. The van der Waals surface area contributed by atoms with E-state index in [9.17, 15) is 9.90 Å². The van der Waals surface area contributed by atoms with E-state index in [-0.39, 0.29) is 18.2 Å². The van der Waals surface area contributed by atoms with E-state index in [0.29, 0.717) is 31.0 Å². The lowest BCUT2D eigenvalue weighted by Crippen LogP contribution is -2.53. The Labute approximate surface area is 203 Å². The fourth-order valence-electron chi connectivity index (χ4n) is 4.57. The average molecular weight is 473 g/mol. The highest BCUT2D eigenvalue weighted by Gasteiger charge is 2.33. The molecule has 0 radical (unpaired) electrons. The standard InChI is InChI=1S/C26H28N6O3/c1-18(13-19-7-3-2-4-8-19)35-23-10-12-31(26(33)34)17-21(23)30-24-16-27-14-20(29-24)22-15-28-25-9-5-6-11-32(22)25/h2-9,11,14-16,18,21,23H,10,12-13,17H2,1H3,(H,29,30)(H,33,34)/t18?,21-,23-/m0/s1. The van der Waals surface area contributed by atoms with E-state index in [0.717, 1.165) is 17.8 Å². The number of piperidine rings is 1. The molecule has 1 aromatic carbocycles. The lowest BCUT2D eigenvalue weighted by atomic mass is 10.0. The molecular formula is C26H28N6O3. The number of hydrogen-bond donors (Lipinski definition) is 2. The SMILES string of the molecule is CC(Cc1ccccc1)O[C@H]1CCN(C(=O)O)C[C@@H]1Nc1cncc(-c2cnc3ccccn23)n1. The number of likely N-dealkylation sites (tertiary alicyclic amines) is 1. The Morgan fingerprint density at radius 2 is 2.00 bits per heavy atom. The van der Waals surface area contributed by atoms with Crippen molar-refractivity contribution in [3.63, 3.8) is 0 Å². The molecule has 1 unspecified atom stereocenters. The zero-order chi connectivity index (χ0) is 24.2. The van der Waals surface area contributed by atoms with E-state index in [1.165, 1.54) is 10.5 Å². The van der Waals surface area contributed by atoms with Crippen molar-refractivity contribution < 1.29 is 14.6 Å². The Morgan fingerprint density at radius 3 is 2.83 bits per heavy atom. The minimum atomic E-state index is -0.932. The molecular weight excluding hydrogens is 444 g/mol. The van der Waals surface area contributed by atoms with Crippen molar-refractivity contribution in [3.8, 4) is 11.4 Å². The Kier molecular flexibility index (Phi) is 6.58. The molecule has 0 aliphatic carbocycles. The quantitative estimate of drug-likeness (QED) is 0.419. The average Bonchev–Trinajstić information content (AvgIpc) is 3.30. The summed E-state index contributed by atoms with van der Waals surface area (Å²) in [6, 6.07) is 15.8. The summed E-state index contributed by atoms with van der Waals surface area (Å²) in [5, 5.41) is 13.0. The Balaban J connectivity index is 1.34.